The first-order valence-corrected chi connectivity index (χ1v) is 7.80. The smallest absolute Gasteiger partial charge is 0.0835 e. The maximum absolute atomic E-state index is 6.60. The van der Waals surface area contributed by atoms with Gasteiger partial charge in [0.2, 0.25) is 0 Å². The summed E-state index contributed by atoms with van der Waals surface area (Å²) in [6, 6.07) is 0.198. The Labute approximate surface area is 114 Å². The molecule has 0 aromatic carbocycles. The third-order valence-corrected chi connectivity index (χ3v) is 5.05. The second-order valence-corrected chi connectivity index (χ2v) is 6.76. The molecule has 1 rings (SSSR count). The molecule has 2 nitrogen and oxygen atoms in total. The van der Waals surface area contributed by atoms with E-state index in [2.05, 4.69) is 34.6 Å². The first-order chi connectivity index (χ1) is 8.40. The Bertz CT molecular complexity index is 235. The van der Waals surface area contributed by atoms with E-state index in [1.54, 1.807) is 0 Å². The normalized spacial score (nSPS) is 24.2. The summed E-state index contributed by atoms with van der Waals surface area (Å²) in [6.45, 7) is 12.1. The summed E-state index contributed by atoms with van der Waals surface area (Å²) in [5.41, 5.74) is 7.01. The molecule has 0 radical (unpaired) electrons. The minimum Gasteiger partial charge on any atom is -0.374 e. The van der Waals surface area contributed by atoms with Crippen LogP contribution in [-0.4, -0.2) is 18.2 Å². The van der Waals surface area contributed by atoms with Crippen molar-refractivity contribution in [3.63, 3.8) is 0 Å². The van der Waals surface area contributed by atoms with Crippen LogP contribution in [0.5, 0.6) is 0 Å². The fourth-order valence-corrected chi connectivity index (χ4v) is 3.44. The van der Waals surface area contributed by atoms with E-state index in [9.17, 15) is 0 Å². The average molecular weight is 255 g/mol. The van der Waals surface area contributed by atoms with Crippen LogP contribution in [0.4, 0.5) is 0 Å². The molecule has 1 unspecified atom stereocenters. The van der Waals surface area contributed by atoms with Crippen molar-refractivity contribution in [1.82, 2.24) is 0 Å². The average Bonchev–Trinajstić information content (AvgIpc) is 2.34. The van der Waals surface area contributed by atoms with E-state index in [0.717, 1.165) is 32.3 Å². The van der Waals surface area contributed by atoms with Gasteiger partial charge in [-0.1, -0.05) is 40.5 Å². The van der Waals surface area contributed by atoms with Gasteiger partial charge < -0.3 is 10.5 Å². The fourth-order valence-electron chi connectivity index (χ4n) is 3.44. The van der Waals surface area contributed by atoms with E-state index < -0.39 is 0 Å². The van der Waals surface area contributed by atoms with Gasteiger partial charge in [-0.25, -0.2) is 0 Å². The molecular weight excluding hydrogens is 222 g/mol. The zero-order valence-corrected chi connectivity index (χ0v) is 13.1. The van der Waals surface area contributed by atoms with E-state index in [1.165, 1.54) is 12.8 Å². The Balaban J connectivity index is 2.81. The molecular formula is C16H33NO. The van der Waals surface area contributed by atoms with Crippen molar-refractivity contribution in [2.24, 2.45) is 17.1 Å². The standard InChI is InChI=1S/C16H33NO/c1-6-13(7-2)14(17)16(18-8-3)11-9-15(4,5)10-12-16/h13-14H,6-12,17H2,1-5H3. The van der Waals surface area contributed by atoms with Crippen LogP contribution >= 0.6 is 0 Å². The first-order valence-electron chi connectivity index (χ1n) is 7.80. The van der Waals surface area contributed by atoms with Crippen molar-refractivity contribution in [1.29, 1.82) is 0 Å². The lowest BCUT2D eigenvalue weighted by Crippen LogP contribution is -2.56. The lowest BCUT2D eigenvalue weighted by atomic mass is 9.66. The van der Waals surface area contributed by atoms with Crippen molar-refractivity contribution in [3.05, 3.63) is 0 Å². The first kappa shape index (κ1) is 16.0. The molecule has 1 fully saturated rings. The predicted octanol–water partition coefficient (Wildman–Crippen LogP) is 4.13. The summed E-state index contributed by atoms with van der Waals surface area (Å²) in [4.78, 5) is 0. The summed E-state index contributed by atoms with van der Waals surface area (Å²) in [5, 5.41) is 0. The second-order valence-electron chi connectivity index (χ2n) is 6.76. The van der Waals surface area contributed by atoms with Gasteiger partial charge in [-0.05, 0) is 43.9 Å². The van der Waals surface area contributed by atoms with E-state index >= 15 is 0 Å². The highest BCUT2D eigenvalue weighted by Gasteiger charge is 2.45. The Morgan fingerprint density at radius 3 is 1.89 bits per heavy atom. The molecule has 0 heterocycles. The quantitative estimate of drug-likeness (QED) is 0.774. The van der Waals surface area contributed by atoms with Crippen LogP contribution in [0.1, 0.15) is 73.1 Å². The van der Waals surface area contributed by atoms with E-state index in [0.29, 0.717) is 11.3 Å². The molecule has 0 aliphatic heterocycles. The highest BCUT2D eigenvalue weighted by atomic mass is 16.5. The Morgan fingerprint density at radius 1 is 1.00 bits per heavy atom. The number of rotatable bonds is 6. The molecule has 0 aromatic rings. The van der Waals surface area contributed by atoms with Crippen LogP contribution in [0.15, 0.2) is 0 Å². The zero-order chi connectivity index (χ0) is 13.8. The molecule has 0 aromatic heterocycles. The van der Waals surface area contributed by atoms with Gasteiger partial charge in [0.1, 0.15) is 0 Å². The van der Waals surface area contributed by atoms with Crippen molar-refractivity contribution < 1.29 is 4.74 Å². The summed E-state index contributed by atoms with van der Waals surface area (Å²) in [6.07, 6.45) is 7.06. The second kappa shape index (κ2) is 6.38. The SMILES string of the molecule is CCOC1(C(N)C(CC)CC)CCC(C)(C)CC1. The van der Waals surface area contributed by atoms with E-state index in [-0.39, 0.29) is 11.6 Å². The monoisotopic (exact) mass is 255 g/mol. The number of ether oxygens (including phenoxy) is 1. The van der Waals surface area contributed by atoms with Crippen molar-refractivity contribution in [2.75, 3.05) is 6.61 Å². The highest BCUT2D eigenvalue weighted by molar-refractivity contribution is 4.99. The van der Waals surface area contributed by atoms with Crippen LogP contribution in [0.3, 0.4) is 0 Å². The lowest BCUT2D eigenvalue weighted by molar-refractivity contribution is -0.110. The largest absolute Gasteiger partial charge is 0.374 e. The molecule has 0 spiro atoms. The van der Waals surface area contributed by atoms with Gasteiger partial charge in [-0.2, -0.15) is 0 Å². The molecule has 1 saturated carbocycles. The molecule has 108 valence electrons. The zero-order valence-electron chi connectivity index (χ0n) is 13.1. The molecule has 2 N–H and O–H groups in total. The van der Waals surface area contributed by atoms with Gasteiger partial charge >= 0.3 is 0 Å². The minimum absolute atomic E-state index is 0.0546. The maximum Gasteiger partial charge on any atom is 0.0835 e. The van der Waals surface area contributed by atoms with Crippen molar-refractivity contribution in [3.8, 4) is 0 Å². The van der Waals surface area contributed by atoms with Crippen molar-refractivity contribution in [2.45, 2.75) is 84.8 Å². The highest BCUT2D eigenvalue weighted by Crippen LogP contribution is 2.45. The molecule has 0 amide bonds. The van der Waals surface area contributed by atoms with Crippen LogP contribution in [0.25, 0.3) is 0 Å². The van der Waals surface area contributed by atoms with Gasteiger partial charge in [-0.3, -0.25) is 0 Å². The van der Waals surface area contributed by atoms with Gasteiger partial charge in [0, 0.05) is 12.6 Å². The van der Waals surface area contributed by atoms with Crippen molar-refractivity contribution >= 4 is 0 Å². The molecule has 2 heteroatoms. The third-order valence-electron chi connectivity index (χ3n) is 5.05. The molecule has 1 atom stereocenters. The van der Waals surface area contributed by atoms with Gasteiger partial charge in [0.15, 0.2) is 0 Å². The summed E-state index contributed by atoms with van der Waals surface area (Å²) >= 11 is 0. The molecule has 1 aliphatic carbocycles. The third kappa shape index (κ3) is 3.48. The predicted molar refractivity (Wildman–Crippen MR) is 78.7 cm³/mol. The van der Waals surface area contributed by atoms with Gasteiger partial charge in [0.05, 0.1) is 5.60 Å². The van der Waals surface area contributed by atoms with E-state index in [1.807, 2.05) is 0 Å². The number of hydrogen-bond acceptors (Lipinski definition) is 2. The topological polar surface area (TPSA) is 35.2 Å². The van der Waals surface area contributed by atoms with Crippen LogP contribution in [-0.2, 0) is 4.74 Å². The summed E-state index contributed by atoms with van der Waals surface area (Å²) in [7, 11) is 0. The molecule has 18 heavy (non-hydrogen) atoms. The molecule has 0 saturated heterocycles. The van der Waals surface area contributed by atoms with Crippen LogP contribution in [0, 0.1) is 11.3 Å². The maximum atomic E-state index is 6.60. The minimum atomic E-state index is -0.0546. The Hall–Kier alpha value is -0.0800. The molecule has 1 aliphatic rings. The lowest BCUT2D eigenvalue weighted by Gasteiger charge is -2.48. The van der Waals surface area contributed by atoms with Gasteiger partial charge in [0.25, 0.3) is 0 Å². The van der Waals surface area contributed by atoms with E-state index in [4.69, 9.17) is 10.5 Å². The summed E-state index contributed by atoms with van der Waals surface area (Å²) < 4.78 is 6.19. The Kier molecular flexibility index (Phi) is 5.67. The van der Waals surface area contributed by atoms with Gasteiger partial charge in [-0.15, -0.1) is 0 Å². The number of nitrogens with two attached hydrogens (primary N) is 1. The number of hydrogen-bond donors (Lipinski definition) is 1. The fraction of sp³-hybridized carbons (Fsp3) is 1.00. The van der Waals surface area contributed by atoms with Crippen LogP contribution < -0.4 is 5.73 Å². The Morgan fingerprint density at radius 2 is 1.50 bits per heavy atom. The molecule has 0 bridgehead atoms. The summed E-state index contributed by atoms with van der Waals surface area (Å²) in [5.74, 6) is 0.595. The van der Waals surface area contributed by atoms with Crippen LogP contribution in [0.2, 0.25) is 0 Å².